The van der Waals surface area contributed by atoms with E-state index in [4.69, 9.17) is 17.3 Å². The Balaban J connectivity index is 2.09. The van der Waals surface area contributed by atoms with Gasteiger partial charge in [0, 0.05) is 25.7 Å². The molecule has 2 aromatic rings. The monoisotopic (exact) mass is 306 g/mol. The van der Waals surface area contributed by atoms with Crippen LogP contribution in [0.5, 0.6) is 0 Å². The lowest BCUT2D eigenvalue weighted by atomic mass is 10.1. The highest BCUT2D eigenvalue weighted by molar-refractivity contribution is 6.30. The molecule has 0 fully saturated rings. The van der Waals surface area contributed by atoms with Crippen LogP contribution >= 0.6 is 11.6 Å². The van der Waals surface area contributed by atoms with Crippen LogP contribution in [-0.2, 0) is 13.1 Å². The standard InChI is InChI=1S/C16H16ClFN2O/c1-20(10-12-4-7-14(17)15(18)8-12)16(21)13-5-2-11(9-19)3-6-13/h2-8H,9-10,19H2,1H3. The lowest BCUT2D eigenvalue weighted by Crippen LogP contribution is -2.26. The molecule has 1 amide bonds. The second-order valence-corrected chi connectivity index (χ2v) is 5.22. The predicted octanol–water partition coefficient (Wildman–Crippen LogP) is 3.21. The first-order valence-corrected chi connectivity index (χ1v) is 6.87. The Morgan fingerprint density at radius 1 is 1.19 bits per heavy atom. The number of halogens is 2. The molecule has 0 atom stereocenters. The molecular formula is C16H16ClFN2O. The maximum Gasteiger partial charge on any atom is 0.253 e. The van der Waals surface area contributed by atoms with Crippen LogP contribution in [0.2, 0.25) is 5.02 Å². The van der Waals surface area contributed by atoms with Gasteiger partial charge in [-0.3, -0.25) is 4.79 Å². The molecule has 2 rings (SSSR count). The van der Waals surface area contributed by atoms with Gasteiger partial charge in [0.05, 0.1) is 5.02 Å². The Morgan fingerprint density at radius 3 is 2.38 bits per heavy atom. The average molecular weight is 307 g/mol. The number of rotatable bonds is 4. The molecule has 5 heteroatoms. The third-order valence-electron chi connectivity index (χ3n) is 3.19. The van der Waals surface area contributed by atoms with E-state index in [1.807, 2.05) is 12.1 Å². The fraction of sp³-hybridized carbons (Fsp3) is 0.188. The summed E-state index contributed by atoms with van der Waals surface area (Å²) in [6.07, 6.45) is 0. The molecule has 0 unspecified atom stereocenters. The summed E-state index contributed by atoms with van der Waals surface area (Å²) >= 11 is 5.64. The van der Waals surface area contributed by atoms with E-state index in [1.165, 1.54) is 17.0 Å². The van der Waals surface area contributed by atoms with Crippen molar-refractivity contribution in [1.82, 2.24) is 4.90 Å². The zero-order chi connectivity index (χ0) is 15.4. The quantitative estimate of drug-likeness (QED) is 0.943. The number of nitrogens with zero attached hydrogens (tertiary/aromatic N) is 1. The molecule has 0 aromatic heterocycles. The van der Waals surface area contributed by atoms with Crippen LogP contribution < -0.4 is 5.73 Å². The SMILES string of the molecule is CN(Cc1ccc(Cl)c(F)c1)C(=O)c1ccc(CN)cc1. The molecule has 0 radical (unpaired) electrons. The highest BCUT2D eigenvalue weighted by atomic mass is 35.5. The Labute approximate surface area is 128 Å². The van der Waals surface area contributed by atoms with Gasteiger partial charge in [-0.2, -0.15) is 0 Å². The molecule has 0 aliphatic heterocycles. The maximum atomic E-state index is 13.4. The number of nitrogens with two attached hydrogens (primary N) is 1. The minimum absolute atomic E-state index is 0.0742. The van der Waals surface area contributed by atoms with Crippen molar-refractivity contribution >= 4 is 17.5 Å². The zero-order valence-corrected chi connectivity index (χ0v) is 12.4. The van der Waals surface area contributed by atoms with E-state index in [0.29, 0.717) is 24.2 Å². The van der Waals surface area contributed by atoms with Gasteiger partial charge >= 0.3 is 0 Å². The summed E-state index contributed by atoms with van der Waals surface area (Å²) in [6, 6.07) is 11.6. The second-order valence-electron chi connectivity index (χ2n) is 4.81. The van der Waals surface area contributed by atoms with Crippen molar-refractivity contribution in [3.63, 3.8) is 0 Å². The minimum atomic E-state index is -0.484. The van der Waals surface area contributed by atoms with Crippen molar-refractivity contribution in [2.75, 3.05) is 7.05 Å². The molecule has 110 valence electrons. The van der Waals surface area contributed by atoms with E-state index < -0.39 is 5.82 Å². The molecule has 0 saturated heterocycles. The summed E-state index contributed by atoms with van der Waals surface area (Å²) in [5.41, 5.74) is 7.75. The van der Waals surface area contributed by atoms with Gasteiger partial charge in [-0.25, -0.2) is 4.39 Å². The van der Waals surface area contributed by atoms with Crippen molar-refractivity contribution in [2.24, 2.45) is 5.73 Å². The summed E-state index contributed by atoms with van der Waals surface area (Å²) in [6.45, 7) is 0.750. The molecule has 0 bridgehead atoms. The third kappa shape index (κ3) is 3.80. The normalized spacial score (nSPS) is 10.5. The van der Waals surface area contributed by atoms with Crippen LogP contribution in [0.1, 0.15) is 21.5 Å². The topological polar surface area (TPSA) is 46.3 Å². The highest BCUT2D eigenvalue weighted by Crippen LogP contribution is 2.17. The number of carbonyl (C=O) groups is 1. The van der Waals surface area contributed by atoms with Gasteiger partial charge in [0.1, 0.15) is 5.82 Å². The van der Waals surface area contributed by atoms with Gasteiger partial charge in [0.2, 0.25) is 0 Å². The van der Waals surface area contributed by atoms with Crippen molar-refractivity contribution in [2.45, 2.75) is 13.1 Å². The molecule has 2 N–H and O–H groups in total. The number of amides is 1. The second kappa shape index (κ2) is 6.70. The van der Waals surface area contributed by atoms with Crippen LogP contribution in [0, 0.1) is 5.82 Å². The lowest BCUT2D eigenvalue weighted by Gasteiger charge is -2.17. The lowest BCUT2D eigenvalue weighted by molar-refractivity contribution is 0.0785. The van der Waals surface area contributed by atoms with Crippen LogP contribution in [0.25, 0.3) is 0 Å². The van der Waals surface area contributed by atoms with Crippen molar-refractivity contribution in [3.8, 4) is 0 Å². The first kappa shape index (κ1) is 15.5. The van der Waals surface area contributed by atoms with Gasteiger partial charge in [0.25, 0.3) is 5.91 Å². The molecule has 0 aliphatic rings. The third-order valence-corrected chi connectivity index (χ3v) is 3.49. The van der Waals surface area contributed by atoms with Crippen molar-refractivity contribution in [1.29, 1.82) is 0 Å². The van der Waals surface area contributed by atoms with Crippen LogP contribution in [0.3, 0.4) is 0 Å². The van der Waals surface area contributed by atoms with E-state index in [9.17, 15) is 9.18 Å². The Kier molecular flexibility index (Phi) is 4.94. The van der Waals surface area contributed by atoms with Crippen molar-refractivity contribution in [3.05, 3.63) is 70.0 Å². The molecule has 2 aromatic carbocycles. The summed E-state index contributed by atoms with van der Waals surface area (Å²) in [4.78, 5) is 13.8. The highest BCUT2D eigenvalue weighted by Gasteiger charge is 2.12. The van der Waals surface area contributed by atoms with Gasteiger partial charge in [0.15, 0.2) is 0 Å². The van der Waals surface area contributed by atoms with E-state index in [-0.39, 0.29) is 10.9 Å². The summed E-state index contributed by atoms with van der Waals surface area (Å²) in [7, 11) is 1.67. The minimum Gasteiger partial charge on any atom is -0.337 e. The first-order chi connectivity index (χ1) is 10.0. The summed E-state index contributed by atoms with van der Waals surface area (Å²) in [5.74, 6) is -0.615. The van der Waals surface area contributed by atoms with Crippen LogP contribution in [-0.4, -0.2) is 17.9 Å². The molecule has 3 nitrogen and oxygen atoms in total. The Bertz CT molecular complexity index is 643. The Hall–Kier alpha value is -1.91. The van der Waals surface area contributed by atoms with E-state index in [1.54, 1.807) is 25.2 Å². The molecule has 0 saturated carbocycles. The van der Waals surface area contributed by atoms with Gasteiger partial charge < -0.3 is 10.6 Å². The maximum absolute atomic E-state index is 13.4. The number of hydrogen-bond donors (Lipinski definition) is 1. The van der Waals surface area contributed by atoms with Gasteiger partial charge in [-0.1, -0.05) is 29.8 Å². The zero-order valence-electron chi connectivity index (χ0n) is 11.6. The van der Waals surface area contributed by atoms with Crippen LogP contribution in [0.4, 0.5) is 4.39 Å². The fourth-order valence-electron chi connectivity index (χ4n) is 1.99. The number of benzene rings is 2. The fourth-order valence-corrected chi connectivity index (χ4v) is 2.10. The van der Waals surface area contributed by atoms with E-state index >= 15 is 0 Å². The smallest absolute Gasteiger partial charge is 0.253 e. The summed E-state index contributed by atoms with van der Waals surface area (Å²) in [5, 5.41) is 0.0742. The Morgan fingerprint density at radius 2 is 1.81 bits per heavy atom. The van der Waals surface area contributed by atoms with E-state index in [2.05, 4.69) is 0 Å². The number of hydrogen-bond acceptors (Lipinski definition) is 2. The van der Waals surface area contributed by atoms with Gasteiger partial charge in [-0.05, 0) is 35.4 Å². The predicted molar refractivity (Wildman–Crippen MR) is 81.5 cm³/mol. The van der Waals surface area contributed by atoms with Gasteiger partial charge in [-0.15, -0.1) is 0 Å². The number of carbonyl (C=O) groups excluding carboxylic acids is 1. The molecule has 0 aliphatic carbocycles. The first-order valence-electron chi connectivity index (χ1n) is 6.49. The van der Waals surface area contributed by atoms with E-state index in [0.717, 1.165) is 5.56 Å². The summed E-state index contributed by atoms with van der Waals surface area (Å²) < 4.78 is 13.4. The van der Waals surface area contributed by atoms with Crippen LogP contribution in [0.15, 0.2) is 42.5 Å². The largest absolute Gasteiger partial charge is 0.337 e. The average Bonchev–Trinajstić information content (AvgIpc) is 2.50. The molecule has 21 heavy (non-hydrogen) atoms. The molecule has 0 heterocycles. The molecular weight excluding hydrogens is 291 g/mol. The van der Waals surface area contributed by atoms with Crippen molar-refractivity contribution < 1.29 is 9.18 Å². The molecule has 0 spiro atoms.